The van der Waals surface area contributed by atoms with Gasteiger partial charge in [-0.1, -0.05) is 15.9 Å². The number of hydrogen-bond donors (Lipinski definition) is 1. The molecule has 0 unspecified atom stereocenters. The first kappa shape index (κ1) is 24.8. The molecule has 2 amide bonds. The van der Waals surface area contributed by atoms with E-state index in [-0.39, 0.29) is 40.8 Å². The Morgan fingerprint density at radius 3 is 2.43 bits per heavy atom. The van der Waals surface area contributed by atoms with Gasteiger partial charge in [0.2, 0.25) is 0 Å². The number of aromatic nitrogens is 2. The number of nitro groups is 1. The number of hydrogen-bond acceptors (Lipinski definition) is 8. The highest BCUT2D eigenvalue weighted by molar-refractivity contribution is 9.10. The SMILES string of the molecule is COc1ncc(C(=O)N2CCC[C@@H](Nc3c(C(=O)N4CCCCC4)cc(Br)cc3[N+](=O)[O-])C2)cn1. The first-order valence-electron chi connectivity index (χ1n) is 11.6. The number of amides is 2. The van der Waals surface area contributed by atoms with Crippen LogP contribution in [0.1, 0.15) is 52.8 Å². The van der Waals surface area contributed by atoms with Crippen LogP contribution >= 0.6 is 15.9 Å². The summed E-state index contributed by atoms with van der Waals surface area (Å²) in [7, 11) is 1.45. The number of rotatable bonds is 6. The summed E-state index contributed by atoms with van der Waals surface area (Å²) < 4.78 is 5.41. The van der Waals surface area contributed by atoms with Crippen molar-refractivity contribution in [1.82, 2.24) is 19.8 Å². The van der Waals surface area contributed by atoms with Gasteiger partial charge in [0.15, 0.2) is 0 Å². The Morgan fingerprint density at radius 1 is 1.09 bits per heavy atom. The van der Waals surface area contributed by atoms with E-state index < -0.39 is 4.92 Å². The van der Waals surface area contributed by atoms with E-state index in [4.69, 9.17) is 4.74 Å². The number of nitrogens with zero attached hydrogens (tertiary/aromatic N) is 5. The lowest BCUT2D eigenvalue weighted by molar-refractivity contribution is -0.384. The normalized spacial score (nSPS) is 18.2. The fourth-order valence-corrected chi connectivity index (χ4v) is 4.97. The molecule has 2 aliphatic heterocycles. The van der Waals surface area contributed by atoms with Gasteiger partial charge in [0.25, 0.3) is 17.5 Å². The van der Waals surface area contributed by atoms with E-state index in [1.54, 1.807) is 15.9 Å². The van der Waals surface area contributed by atoms with Crippen molar-refractivity contribution >= 4 is 39.1 Å². The fraction of sp³-hybridized carbons (Fsp3) is 0.478. The molecule has 0 saturated carbocycles. The molecular formula is C23H27BrN6O5. The van der Waals surface area contributed by atoms with Gasteiger partial charge in [-0.2, -0.15) is 0 Å². The summed E-state index contributed by atoms with van der Waals surface area (Å²) in [6.07, 6.45) is 7.14. The lowest BCUT2D eigenvalue weighted by atomic mass is 10.0. The third kappa shape index (κ3) is 5.69. The van der Waals surface area contributed by atoms with Crippen LogP contribution in [-0.4, -0.2) is 75.8 Å². The van der Waals surface area contributed by atoms with Crippen LogP contribution in [0.15, 0.2) is 29.0 Å². The Kier molecular flexibility index (Phi) is 7.79. The molecule has 2 aliphatic rings. The Labute approximate surface area is 211 Å². The second-order valence-electron chi connectivity index (χ2n) is 8.65. The Morgan fingerprint density at radius 2 is 1.77 bits per heavy atom. The average Bonchev–Trinajstić information content (AvgIpc) is 2.89. The van der Waals surface area contributed by atoms with Gasteiger partial charge in [-0.3, -0.25) is 19.7 Å². The number of halogens is 1. The minimum Gasteiger partial charge on any atom is -0.467 e. The van der Waals surface area contributed by atoms with Crippen molar-refractivity contribution in [2.24, 2.45) is 0 Å². The van der Waals surface area contributed by atoms with Crippen LogP contribution in [0.5, 0.6) is 6.01 Å². The van der Waals surface area contributed by atoms with Gasteiger partial charge < -0.3 is 19.9 Å². The Balaban J connectivity index is 1.57. The first-order chi connectivity index (χ1) is 16.9. The third-order valence-electron chi connectivity index (χ3n) is 6.27. The topological polar surface area (TPSA) is 131 Å². The number of ether oxygens (including phenoxy) is 1. The highest BCUT2D eigenvalue weighted by atomic mass is 79.9. The van der Waals surface area contributed by atoms with Crippen molar-refractivity contribution in [3.63, 3.8) is 0 Å². The molecule has 1 atom stereocenters. The highest BCUT2D eigenvalue weighted by Crippen LogP contribution is 2.35. The van der Waals surface area contributed by atoms with Crippen LogP contribution in [0.2, 0.25) is 0 Å². The number of piperidine rings is 2. The lowest BCUT2D eigenvalue weighted by Gasteiger charge is -2.34. The van der Waals surface area contributed by atoms with Gasteiger partial charge in [0.05, 0.1) is 23.2 Å². The van der Waals surface area contributed by atoms with Crippen molar-refractivity contribution < 1.29 is 19.2 Å². The monoisotopic (exact) mass is 546 g/mol. The summed E-state index contributed by atoms with van der Waals surface area (Å²) >= 11 is 3.32. The molecule has 0 spiro atoms. The van der Waals surface area contributed by atoms with Crippen molar-refractivity contribution in [3.05, 3.63) is 50.2 Å². The molecule has 3 heterocycles. The van der Waals surface area contributed by atoms with Crippen molar-refractivity contribution in [2.75, 3.05) is 38.6 Å². The maximum Gasteiger partial charge on any atom is 0.316 e. The smallest absolute Gasteiger partial charge is 0.316 e. The van der Waals surface area contributed by atoms with Crippen molar-refractivity contribution in [1.29, 1.82) is 0 Å². The highest BCUT2D eigenvalue weighted by Gasteiger charge is 2.31. The molecule has 35 heavy (non-hydrogen) atoms. The number of carbonyl (C=O) groups excluding carboxylic acids is 2. The summed E-state index contributed by atoms with van der Waals surface area (Å²) in [5.41, 5.74) is 0.620. The minimum atomic E-state index is -0.486. The number of methoxy groups -OCH3 is 1. The van der Waals surface area contributed by atoms with E-state index in [0.717, 1.165) is 19.3 Å². The van der Waals surface area contributed by atoms with Gasteiger partial charge in [0, 0.05) is 55.2 Å². The van der Waals surface area contributed by atoms with E-state index in [0.29, 0.717) is 49.1 Å². The average molecular weight is 547 g/mol. The van der Waals surface area contributed by atoms with E-state index in [2.05, 4.69) is 31.2 Å². The first-order valence-corrected chi connectivity index (χ1v) is 12.4. The summed E-state index contributed by atoms with van der Waals surface area (Å²) in [6.45, 7) is 2.14. The van der Waals surface area contributed by atoms with Gasteiger partial charge in [-0.15, -0.1) is 0 Å². The summed E-state index contributed by atoms with van der Waals surface area (Å²) in [5, 5.41) is 15.2. The van der Waals surface area contributed by atoms with Crippen molar-refractivity contribution in [3.8, 4) is 6.01 Å². The standard InChI is InChI=1S/C23H27BrN6O5/c1-35-23-25-12-15(13-26-23)21(31)29-9-5-6-17(14-29)27-20-18(10-16(24)11-19(20)30(33)34)22(32)28-7-3-2-4-8-28/h10-13,17,27H,2-9,14H2,1H3/t17-/m1/s1. The second kappa shape index (κ2) is 11.0. The molecular weight excluding hydrogens is 520 g/mol. The molecule has 2 saturated heterocycles. The molecule has 1 N–H and O–H groups in total. The second-order valence-corrected chi connectivity index (χ2v) is 9.57. The lowest BCUT2D eigenvalue weighted by Crippen LogP contribution is -2.45. The molecule has 2 fully saturated rings. The van der Waals surface area contributed by atoms with E-state index >= 15 is 0 Å². The summed E-state index contributed by atoms with van der Waals surface area (Å²) in [6, 6.07) is 2.94. The van der Waals surface area contributed by atoms with Crippen LogP contribution in [0.3, 0.4) is 0 Å². The minimum absolute atomic E-state index is 0.174. The van der Waals surface area contributed by atoms with Gasteiger partial charge in [0.1, 0.15) is 5.69 Å². The number of carbonyl (C=O) groups is 2. The fourth-order valence-electron chi connectivity index (χ4n) is 4.52. The van der Waals surface area contributed by atoms with Crippen LogP contribution < -0.4 is 10.1 Å². The zero-order valence-corrected chi connectivity index (χ0v) is 21.0. The van der Waals surface area contributed by atoms with Crippen LogP contribution in [0.25, 0.3) is 0 Å². The molecule has 0 bridgehead atoms. The Hall–Kier alpha value is -3.28. The predicted octanol–water partition coefficient (Wildman–Crippen LogP) is 3.50. The van der Waals surface area contributed by atoms with Crippen molar-refractivity contribution in [2.45, 2.75) is 38.1 Å². The number of anilines is 1. The maximum absolute atomic E-state index is 13.4. The van der Waals surface area contributed by atoms with Gasteiger partial charge >= 0.3 is 6.01 Å². The zero-order chi connectivity index (χ0) is 24.9. The number of likely N-dealkylation sites (tertiary alicyclic amines) is 2. The summed E-state index contributed by atoms with van der Waals surface area (Å²) in [5.74, 6) is -0.454. The van der Waals surface area contributed by atoms with E-state index in [1.807, 2.05) is 0 Å². The molecule has 0 aliphatic carbocycles. The summed E-state index contributed by atoms with van der Waals surface area (Å²) in [4.78, 5) is 49.2. The van der Waals surface area contributed by atoms with E-state index in [9.17, 15) is 19.7 Å². The molecule has 4 rings (SSSR count). The number of nitro benzene ring substituents is 1. The maximum atomic E-state index is 13.4. The van der Waals surface area contributed by atoms with Crippen LogP contribution in [0.4, 0.5) is 11.4 Å². The van der Waals surface area contributed by atoms with E-state index in [1.165, 1.54) is 25.6 Å². The molecule has 11 nitrogen and oxygen atoms in total. The molecule has 2 aromatic rings. The predicted molar refractivity (Wildman–Crippen MR) is 132 cm³/mol. The molecule has 1 aromatic heterocycles. The van der Waals surface area contributed by atoms with Crippen LogP contribution in [0, 0.1) is 10.1 Å². The van der Waals surface area contributed by atoms with Gasteiger partial charge in [-0.05, 0) is 38.2 Å². The largest absolute Gasteiger partial charge is 0.467 e. The van der Waals surface area contributed by atoms with Crippen LogP contribution in [-0.2, 0) is 0 Å². The molecule has 0 radical (unpaired) electrons. The number of benzene rings is 1. The molecule has 12 heteroatoms. The molecule has 186 valence electrons. The third-order valence-corrected chi connectivity index (χ3v) is 6.73. The molecule has 1 aromatic carbocycles. The quantitative estimate of drug-likeness (QED) is 0.430. The van der Waals surface area contributed by atoms with Gasteiger partial charge in [-0.25, -0.2) is 9.97 Å². The number of nitrogens with one attached hydrogen (secondary N) is 1. The zero-order valence-electron chi connectivity index (χ0n) is 19.4. The Bertz CT molecular complexity index is 1110.